The zero-order valence-corrected chi connectivity index (χ0v) is 13.9. The number of hydrogen-bond acceptors (Lipinski definition) is 2. The highest BCUT2D eigenvalue weighted by atomic mass is 16.5. The molecule has 0 bridgehead atoms. The first-order valence-electron chi connectivity index (χ1n) is 7.98. The van der Waals surface area contributed by atoms with E-state index < -0.39 is 0 Å². The summed E-state index contributed by atoms with van der Waals surface area (Å²) < 4.78 is 7.20. The number of nitrogens with zero attached hydrogens (tertiary/aromatic N) is 1. The number of amides is 1. The van der Waals surface area contributed by atoms with Crippen molar-refractivity contribution in [1.29, 1.82) is 0 Å². The molecule has 0 aliphatic heterocycles. The highest BCUT2D eigenvalue weighted by molar-refractivity contribution is 5.79. The van der Waals surface area contributed by atoms with Crippen molar-refractivity contribution < 1.29 is 14.1 Å². The van der Waals surface area contributed by atoms with E-state index in [0.29, 0.717) is 0 Å². The standard InChI is InChI=1S/C20H20N2O2/c1-15(16-7-4-3-5-8-16)21-20(23)14-22-12-6-9-17-13-18(24-2)10-11-19(17)22/h3-13,15H,14H2,1-2H3/p+1/t15-/m0/s1. The molecule has 1 atom stereocenters. The number of methoxy groups -OCH3 is 1. The molecule has 0 aliphatic rings. The van der Waals surface area contributed by atoms with Crippen molar-refractivity contribution in [3.63, 3.8) is 0 Å². The van der Waals surface area contributed by atoms with Gasteiger partial charge in [0.15, 0.2) is 6.20 Å². The van der Waals surface area contributed by atoms with Crippen molar-refractivity contribution in [3.05, 3.63) is 72.4 Å². The van der Waals surface area contributed by atoms with Gasteiger partial charge < -0.3 is 10.1 Å². The van der Waals surface area contributed by atoms with E-state index in [2.05, 4.69) is 5.32 Å². The van der Waals surface area contributed by atoms with Gasteiger partial charge in [-0.2, -0.15) is 4.57 Å². The summed E-state index contributed by atoms with van der Waals surface area (Å²) >= 11 is 0. The van der Waals surface area contributed by atoms with Crippen LogP contribution in [0.25, 0.3) is 10.9 Å². The molecule has 1 N–H and O–H groups in total. The SMILES string of the molecule is COc1ccc2c(ccc[n+]2CC(=O)N[C@@H](C)c2ccccc2)c1. The minimum Gasteiger partial charge on any atom is -0.497 e. The molecular formula is C20H21N2O2+. The highest BCUT2D eigenvalue weighted by Gasteiger charge is 2.16. The van der Waals surface area contributed by atoms with Crippen LogP contribution in [0.3, 0.4) is 0 Å². The Bertz CT molecular complexity index is 847. The van der Waals surface area contributed by atoms with E-state index in [-0.39, 0.29) is 18.5 Å². The number of carbonyl (C=O) groups excluding carboxylic acids is 1. The van der Waals surface area contributed by atoms with E-state index in [1.54, 1.807) is 7.11 Å². The van der Waals surface area contributed by atoms with Gasteiger partial charge in [-0.1, -0.05) is 30.3 Å². The summed E-state index contributed by atoms with van der Waals surface area (Å²) in [4.78, 5) is 12.4. The predicted octanol–water partition coefficient (Wildman–Crippen LogP) is 3.01. The highest BCUT2D eigenvalue weighted by Crippen LogP contribution is 2.17. The van der Waals surface area contributed by atoms with E-state index in [9.17, 15) is 4.79 Å². The lowest BCUT2D eigenvalue weighted by molar-refractivity contribution is -0.658. The van der Waals surface area contributed by atoms with Crippen LogP contribution in [-0.4, -0.2) is 13.0 Å². The summed E-state index contributed by atoms with van der Waals surface area (Å²) in [5.74, 6) is 0.794. The molecule has 3 rings (SSSR count). The first-order chi connectivity index (χ1) is 11.7. The van der Waals surface area contributed by atoms with Gasteiger partial charge in [0.2, 0.25) is 12.1 Å². The molecule has 0 fully saturated rings. The maximum atomic E-state index is 12.4. The molecule has 0 unspecified atom stereocenters. The number of ether oxygens (including phenoxy) is 1. The molecule has 4 heteroatoms. The number of carbonyl (C=O) groups is 1. The summed E-state index contributed by atoms with van der Waals surface area (Å²) in [5.41, 5.74) is 2.10. The molecule has 0 aliphatic carbocycles. The average Bonchev–Trinajstić information content (AvgIpc) is 2.62. The molecule has 0 spiro atoms. The van der Waals surface area contributed by atoms with Crippen molar-refractivity contribution in [2.75, 3.05) is 7.11 Å². The zero-order valence-electron chi connectivity index (χ0n) is 13.9. The first-order valence-corrected chi connectivity index (χ1v) is 7.98. The minimum atomic E-state index is -0.0191. The van der Waals surface area contributed by atoms with Crippen LogP contribution in [0.2, 0.25) is 0 Å². The lowest BCUT2D eigenvalue weighted by Crippen LogP contribution is -2.43. The number of nitrogens with one attached hydrogen (secondary N) is 1. The summed E-state index contributed by atoms with van der Waals surface area (Å²) in [6.45, 7) is 2.27. The van der Waals surface area contributed by atoms with Gasteiger partial charge in [0.25, 0.3) is 5.91 Å². The van der Waals surface area contributed by atoms with Crippen LogP contribution in [-0.2, 0) is 11.3 Å². The fourth-order valence-corrected chi connectivity index (χ4v) is 2.79. The third-order valence-electron chi connectivity index (χ3n) is 4.08. The van der Waals surface area contributed by atoms with E-state index in [1.807, 2.05) is 78.4 Å². The molecule has 2 aromatic carbocycles. The van der Waals surface area contributed by atoms with Crippen molar-refractivity contribution in [1.82, 2.24) is 5.32 Å². The van der Waals surface area contributed by atoms with E-state index >= 15 is 0 Å². The van der Waals surface area contributed by atoms with Gasteiger partial charge in [-0.25, -0.2) is 0 Å². The summed E-state index contributed by atoms with van der Waals surface area (Å²) in [5, 5.41) is 4.09. The Labute approximate surface area is 141 Å². The van der Waals surface area contributed by atoms with E-state index in [0.717, 1.165) is 22.2 Å². The molecule has 0 saturated heterocycles. The Morgan fingerprint density at radius 3 is 2.67 bits per heavy atom. The van der Waals surface area contributed by atoms with Crippen LogP contribution in [0.5, 0.6) is 5.75 Å². The molecule has 0 radical (unpaired) electrons. The van der Waals surface area contributed by atoms with Gasteiger partial charge in [-0.05, 0) is 30.7 Å². The number of hydrogen-bond donors (Lipinski definition) is 1. The van der Waals surface area contributed by atoms with Crippen LogP contribution in [0.15, 0.2) is 66.9 Å². The number of aromatic nitrogens is 1. The normalized spacial score (nSPS) is 11.9. The molecule has 1 heterocycles. The maximum absolute atomic E-state index is 12.4. The zero-order chi connectivity index (χ0) is 16.9. The smallest absolute Gasteiger partial charge is 0.286 e. The van der Waals surface area contributed by atoms with Crippen LogP contribution < -0.4 is 14.6 Å². The van der Waals surface area contributed by atoms with Gasteiger partial charge in [-0.15, -0.1) is 0 Å². The van der Waals surface area contributed by atoms with E-state index in [1.165, 1.54) is 0 Å². The van der Waals surface area contributed by atoms with Crippen LogP contribution in [0.1, 0.15) is 18.5 Å². The molecule has 24 heavy (non-hydrogen) atoms. The van der Waals surface area contributed by atoms with Gasteiger partial charge in [0, 0.05) is 12.1 Å². The Hall–Kier alpha value is -2.88. The van der Waals surface area contributed by atoms with Crippen molar-refractivity contribution in [2.24, 2.45) is 0 Å². The quantitative estimate of drug-likeness (QED) is 0.734. The van der Waals surface area contributed by atoms with Crippen molar-refractivity contribution >= 4 is 16.8 Å². The minimum absolute atomic E-state index is 0.0142. The summed E-state index contributed by atoms with van der Waals surface area (Å²) in [6.07, 6.45) is 1.92. The van der Waals surface area contributed by atoms with Crippen LogP contribution in [0.4, 0.5) is 0 Å². The Morgan fingerprint density at radius 1 is 1.12 bits per heavy atom. The Kier molecular flexibility index (Phi) is 4.75. The molecule has 3 aromatic rings. The van der Waals surface area contributed by atoms with Gasteiger partial charge in [-0.3, -0.25) is 4.79 Å². The number of fused-ring (bicyclic) bond motifs is 1. The molecule has 122 valence electrons. The third-order valence-corrected chi connectivity index (χ3v) is 4.08. The molecule has 1 aromatic heterocycles. The summed E-state index contributed by atoms with van der Waals surface area (Å²) in [7, 11) is 1.65. The molecule has 1 amide bonds. The third kappa shape index (κ3) is 3.54. The van der Waals surface area contributed by atoms with Gasteiger partial charge in [0.1, 0.15) is 5.75 Å². The Balaban J connectivity index is 1.76. The maximum Gasteiger partial charge on any atom is 0.286 e. The number of benzene rings is 2. The lowest BCUT2D eigenvalue weighted by atomic mass is 10.1. The average molecular weight is 321 g/mol. The largest absolute Gasteiger partial charge is 0.497 e. The fourth-order valence-electron chi connectivity index (χ4n) is 2.79. The fraction of sp³-hybridized carbons (Fsp3) is 0.200. The van der Waals surface area contributed by atoms with Crippen molar-refractivity contribution in [2.45, 2.75) is 19.5 Å². The van der Waals surface area contributed by atoms with Crippen LogP contribution in [0, 0.1) is 0 Å². The predicted molar refractivity (Wildman–Crippen MR) is 93.7 cm³/mol. The number of rotatable bonds is 5. The van der Waals surface area contributed by atoms with E-state index in [4.69, 9.17) is 4.74 Å². The van der Waals surface area contributed by atoms with Gasteiger partial charge >= 0.3 is 0 Å². The monoisotopic (exact) mass is 321 g/mol. The lowest BCUT2D eigenvalue weighted by Gasteiger charge is -2.13. The second-order valence-corrected chi connectivity index (χ2v) is 5.76. The Morgan fingerprint density at radius 2 is 1.92 bits per heavy atom. The molecule has 0 saturated carbocycles. The second-order valence-electron chi connectivity index (χ2n) is 5.76. The molecule has 4 nitrogen and oxygen atoms in total. The summed E-state index contributed by atoms with van der Waals surface area (Å²) in [6, 6.07) is 19.7. The molecular weight excluding hydrogens is 300 g/mol. The van der Waals surface area contributed by atoms with Crippen LogP contribution >= 0.6 is 0 Å². The topological polar surface area (TPSA) is 42.2 Å². The number of pyridine rings is 1. The second kappa shape index (κ2) is 7.13. The van der Waals surface area contributed by atoms with Gasteiger partial charge in [0.05, 0.1) is 18.5 Å². The first kappa shape index (κ1) is 16.0. The van der Waals surface area contributed by atoms with Crippen molar-refractivity contribution in [3.8, 4) is 5.75 Å².